The average Bonchev–Trinajstić information content (AvgIpc) is 3.04. The molecule has 21 heavy (non-hydrogen) atoms. The fraction of sp³-hybridized carbons (Fsp3) is 0.333. The molecule has 0 saturated heterocycles. The van der Waals surface area contributed by atoms with Crippen LogP contribution in [0.5, 0.6) is 0 Å². The fourth-order valence-electron chi connectivity index (χ4n) is 1.53. The zero-order valence-electron chi connectivity index (χ0n) is 10.6. The van der Waals surface area contributed by atoms with E-state index < -0.39 is 20.6 Å². The van der Waals surface area contributed by atoms with Crippen molar-refractivity contribution >= 4 is 32.0 Å². The fourth-order valence-corrected chi connectivity index (χ4v) is 3.87. The van der Waals surface area contributed by atoms with Gasteiger partial charge in [0.1, 0.15) is 16.4 Å². The zero-order valence-corrected chi connectivity index (χ0v) is 12.3. The minimum absolute atomic E-state index is 0.137. The third-order valence-electron chi connectivity index (χ3n) is 2.53. The molecule has 0 fully saturated rings. The van der Waals surface area contributed by atoms with Crippen molar-refractivity contribution in [3.05, 3.63) is 28.3 Å². The summed E-state index contributed by atoms with van der Waals surface area (Å²) >= 11 is 0.663. The van der Waals surface area contributed by atoms with Crippen LogP contribution >= 0.6 is 11.3 Å². The van der Waals surface area contributed by atoms with Crippen molar-refractivity contribution in [1.82, 2.24) is 19.9 Å². The van der Waals surface area contributed by atoms with Crippen molar-refractivity contribution in [1.29, 1.82) is 0 Å². The van der Waals surface area contributed by atoms with Crippen LogP contribution in [0.1, 0.15) is 12.2 Å². The lowest BCUT2D eigenvalue weighted by molar-refractivity contribution is -0.383. The van der Waals surface area contributed by atoms with E-state index in [0.717, 1.165) is 6.07 Å². The molecule has 2 heterocycles. The molecule has 0 atom stereocenters. The molecule has 0 spiro atoms. The van der Waals surface area contributed by atoms with Gasteiger partial charge < -0.3 is 5.73 Å². The normalized spacial score (nSPS) is 11.6. The Morgan fingerprint density at radius 2 is 2.29 bits per heavy atom. The van der Waals surface area contributed by atoms with E-state index in [0.29, 0.717) is 30.0 Å². The van der Waals surface area contributed by atoms with E-state index in [4.69, 9.17) is 5.73 Å². The zero-order chi connectivity index (χ0) is 15.5. The van der Waals surface area contributed by atoms with Gasteiger partial charge in [0.05, 0.1) is 4.92 Å². The van der Waals surface area contributed by atoms with Crippen molar-refractivity contribution < 1.29 is 13.3 Å². The van der Waals surface area contributed by atoms with E-state index in [1.807, 2.05) is 0 Å². The van der Waals surface area contributed by atoms with Crippen LogP contribution in [0.15, 0.2) is 16.6 Å². The SMILES string of the molecule is Nc1sc(S(=O)(=O)NCCCc2ncn[nH]2)cc1[N+](=O)[O-]. The molecule has 0 bridgehead atoms. The minimum Gasteiger partial charge on any atom is -0.385 e. The van der Waals surface area contributed by atoms with Gasteiger partial charge >= 0.3 is 5.69 Å². The summed E-state index contributed by atoms with van der Waals surface area (Å²) in [5.74, 6) is 0.658. The van der Waals surface area contributed by atoms with Gasteiger partial charge in [-0.1, -0.05) is 11.3 Å². The number of aromatic amines is 1. The Kier molecular flexibility index (Phi) is 4.50. The molecule has 2 rings (SSSR count). The Balaban J connectivity index is 1.95. The summed E-state index contributed by atoms with van der Waals surface area (Å²) < 4.78 is 26.1. The number of nitrogens with two attached hydrogens (primary N) is 1. The maximum atomic E-state index is 12.0. The first-order valence-electron chi connectivity index (χ1n) is 5.78. The number of nitro groups is 1. The lowest BCUT2D eigenvalue weighted by Gasteiger charge is -2.03. The second kappa shape index (κ2) is 6.15. The molecule has 4 N–H and O–H groups in total. The number of nitrogens with zero attached hydrogens (tertiary/aromatic N) is 3. The molecule has 10 nitrogen and oxygen atoms in total. The molecule has 0 aliphatic heterocycles. The van der Waals surface area contributed by atoms with Crippen LogP contribution in [-0.2, 0) is 16.4 Å². The molecule has 0 amide bonds. The Hall–Kier alpha value is -2.05. The van der Waals surface area contributed by atoms with E-state index in [2.05, 4.69) is 19.9 Å². The third-order valence-corrected chi connectivity index (χ3v) is 5.41. The number of H-pyrrole nitrogens is 1. The summed E-state index contributed by atoms with van der Waals surface area (Å²) in [7, 11) is -3.80. The Bertz CT molecular complexity index is 724. The lowest BCUT2D eigenvalue weighted by atomic mass is 10.3. The summed E-state index contributed by atoms with van der Waals surface area (Å²) in [5.41, 5.74) is 5.02. The quantitative estimate of drug-likeness (QED) is 0.373. The van der Waals surface area contributed by atoms with Crippen LogP contribution in [0, 0.1) is 10.1 Å². The molecule has 114 valence electrons. The van der Waals surface area contributed by atoms with Gasteiger partial charge in [-0.15, -0.1) is 0 Å². The van der Waals surface area contributed by atoms with E-state index >= 15 is 0 Å². The van der Waals surface area contributed by atoms with Crippen LogP contribution in [0.25, 0.3) is 0 Å². The highest BCUT2D eigenvalue weighted by atomic mass is 32.2. The average molecular weight is 332 g/mol. The van der Waals surface area contributed by atoms with Gasteiger partial charge in [-0.3, -0.25) is 15.2 Å². The maximum Gasteiger partial charge on any atom is 0.304 e. The largest absolute Gasteiger partial charge is 0.385 e. The third kappa shape index (κ3) is 3.74. The Labute approximate surface area is 123 Å². The van der Waals surface area contributed by atoms with Crippen molar-refractivity contribution in [2.75, 3.05) is 12.3 Å². The highest BCUT2D eigenvalue weighted by Gasteiger charge is 2.24. The molecular weight excluding hydrogens is 320 g/mol. The first-order chi connectivity index (χ1) is 9.90. The molecular formula is C9H12N6O4S2. The second-order valence-corrected chi connectivity index (χ2v) is 7.08. The number of sulfonamides is 1. The summed E-state index contributed by atoms with van der Waals surface area (Å²) in [6, 6.07) is 0.957. The molecule has 0 aliphatic rings. The lowest BCUT2D eigenvalue weighted by Crippen LogP contribution is -2.24. The number of hydrogen-bond acceptors (Lipinski definition) is 8. The van der Waals surface area contributed by atoms with Gasteiger partial charge in [0.15, 0.2) is 5.00 Å². The summed E-state index contributed by atoms with van der Waals surface area (Å²) in [4.78, 5) is 13.9. The minimum atomic E-state index is -3.80. The molecule has 0 saturated carbocycles. The van der Waals surface area contributed by atoms with Crippen molar-refractivity contribution in [3.8, 4) is 0 Å². The van der Waals surface area contributed by atoms with Crippen LogP contribution in [0.3, 0.4) is 0 Å². The van der Waals surface area contributed by atoms with Gasteiger partial charge in [0.2, 0.25) is 10.0 Å². The van der Waals surface area contributed by atoms with Crippen molar-refractivity contribution in [2.24, 2.45) is 0 Å². The number of rotatable bonds is 7. The number of thiophene rings is 1. The number of anilines is 1. The van der Waals surface area contributed by atoms with E-state index in [9.17, 15) is 18.5 Å². The maximum absolute atomic E-state index is 12.0. The van der Waals surface area contributed by atoms with Gasteiger partial charge in [0.25, 0.3) is 0 Å². The number of hydrogen-bond donors (Lipinski definition) is 3. The van der Waals surface area contributed by atoms with Crippen molar-refractivity contribution in [3.63, 3.8) is 0 Å². The molecule has 0 unspecified atom stereocenters. The van der Waals surface area contributed by atoms with Crippen molar-refractivity contribution in [2.45, 2.75) is 17.1 Å². The monoisotopic (exact) mass is 332 g/mol. The first-order valence-corrected chi connectivity index (χ1v) is 8.07. The standard InChI is InChI=1S/C9H12N6O4S2/c10-9-6(15(16)17)4-8(20-9)21(18,19)13-3-1-2-7-11-5-12-14-7/h4-5,13H,1-3,10H2,(H,11,12,14). The van der Waals surface area contributed by atoms with E-state index in [1.165, 1.54) is 6.33 Å². The highest BCUT2D eigenvalue weighted by Crippen LogP contribution is 2.34. The van der Waals surface area contributed by atoms with Gasteiger partial charge in [-0.2, -0.15) is 5.10 Å². The Morgan fingerprint density at radius 3 is 2.86 bits per heavy atom. The summed E-state index contributed by atoms with van der Waals surface area (Å²) in [6.45, 7) is 0.175. The highest BCUT2D eigenvalue weighted by molar-refractivity contribution is 7.91. The smallest absolute Gasteiger partial charge is 0.304 e. The predicted octanol–water partition coefficient (Wildman–Crippen LogP) is 0.268. The van der Waals surface area contributed by atoms with E-state index in [1.54, 1.807) is 0 Å². The molecule has 12 heteroatoms. The number of nitrogens with one attached hydrogen (secondary N) is 2. The van der Waals surface area contributed by atoms with Crippen LogP contribution in [0.4, 0.5) is 10.7 Å². The Morgan fingerprint density at radius 1 is 1.52 bits per heavy atom. The number of aryl methyl sites for hydroxylation is 1. The molecule has 0 aliphatic carbocycles. The van der Waals surface area contributed by atoms with Gasteiger partial charge in [-0.25, -0.2) is 18.1 Å². The number of aromatic nitrogens is 3. The van der Waals surface area contributed by atoms with Crippen LogP contribution in [-0.4, -0.2) is 35.1 Å². The number of nitrogen functional groups attached to an aromatic ring is 1. The second-order valence-electron chi connectivity index (χ2n) is 4.01. The summed E-state index contributed by atoms with van der Waals surface area (Å²) in [5, 5.41) is 16.9. The molecule has 2 aromatic heterocycles. The van der Waals surface area contributed by atoms with E-state index in [-0.39, 0.29) is 15.8 Å². The molecule has 0 radical (unpaired) electrons. The summed E-state index contributed by atoms with van der Waals surface area (Å²) in [6.07, 6.45) is 2.42. The first kappa shape index (κ1) is 15.3. The van der Waals surface area contributed by atoms with Gasteiger partial charge in [0, 0.05) is 19.0 Å². The predicted molar refractivity (Wildman–Crippen MR) is 75.3 cm³/mol. The van der Waals surface area contributed by atoms with Gasteiger partial charge in [-0.05, 0) is 6.42 Å². The topological polar surface area (TPSA) is 157 Å². The molecule has 0 aromatic carbocycles. The molecule has 2 aromatic rings. The van der Waals surface area contributed by atoms with Crippen LogP contribution in [0.2, 0.25) is 0 Å². The van der Waals surface area contributed by atoms with Crippen LogP contribution < -0.4 is 10.5 Å².